The van der Waals surface area contributed by atoms with Crippen molar-refractivity contribution in [3.63, 3.8) is 0 Å². The summed E-state index contributed by atoms with van der Waals surface area (Å²) in [5, 5.41) is 6.68. The van der Waals surface area contributed by atoms with Crippen LogP contribution in [0.4, 0.5) is 9.52 Å². The Bertz CT molecular complexity index is 658. The van der Waals surface area contributed by atoms with E-state index in [0.717, 1.165) is 30.8 Å². The van der Waals surface area contributed by atoms with Crippen molar-refractivity contribution in [1.29, 1.82) is 0 Å². The Hall–Kier alpha value is -1.50. The lowest BCUT2D eigenvalue weighted by Crippen LogP contribution is -2.37. The second-order valence-corrected chi connectivity index (χ2v) is 6.55. The lowest BCUT2D eigenvalue weighted by atomic mass is 9.99. The number of hydrogen-bond acceptors (Lipinski definition) is 4. The van der Waals surface area contributed by atoms with Crippen molar-refractivity contribution in [1.82, 2.24) is 10.3 Å². The molecule has 1 aliphatic heterocycles. The Morgan fingerprint density at radius 2 is 2.26 bits per heavy atom. The first-order valence-corrected chi connectivity index (χ1v) is 8.24. The summed E-state index contributed by atoms with van der Waals surface area (Å²) in [5.74, 6) is -0.193. The molecular formula is C16H19ClFN3OS. The maximum absolute atomic E-state index is 13.6. The van der Waals surface area contributed by atoms with Crippen LogP contribution in [0.15, 0.2) is 30.5 Å². The summed E-state index contributed by atoms with van der Waals surface area (Å²) in [6.45, 7) is 1.70. The Labute approximate surface area is 144 Å². The van der Waals surface area contributed by atoms with Crippen LogP contribution in [0.5, 0.6) is 0 Å². The highest BCUT2D eigenvalue weighted by atomic mass is 35.5. The van der Waals surface area contributed by atoms with Gasteiger partial charge in [-0.15, -0.1) is 23.7 Å². The van der Waals surface area contributed by atoms with Gasteiger partial charge in [0.1, 0.15) is 5.82 Å². The summed E-state index contributed by atoms with van der Waals surface area (Å²) in [6, 6.07) is 6.71. The maximum atomic E-state index is 13.6. The standard InChI is InChI=1S/C16H18FN3OS.ClH/c17-14-6-2-1-4-11(14)8-13-10-19-16(22-13)20-15(21)12-5-3-7-18-9-12;/h1-2,4,6,10,12,18H,3,5,7-9H2,(H,19,20,21);1H. The number of aromatic nitrogens is 1. The zero-order valence-electron chi connectivity index (χ0n) is 12.5. The Morgan fingerprint density at radius 1 is 1.43 bits per heavy atom. The molecule has 1 fully saturated rings. The molecule has 4 nitrogen and oxygen atoms in total. The minimum atomic E-state index is -0.213. The third-order valence-electron chi connectivity index (χ3n) is 3.77. The predicted octanol–water partition coefficient (Wildman–Crippen LogP) is 3.23. The Balaban J connectivity index is 0.00000192. The van der Waals surface area contributed by atoms with E-state index in [2.05, 4.69) is 15.6 Å². The quantitative estimate of drug-likeness (QED) is 0.885. The molecule has 0 aliphatic carbocycles. The molecule has 1 amide bonds. The van der Waals surface area contributed by atoms with Crippen molar-refractivity contribution in [2.45, 2.75) is 19.3 Å². The van der Waals surface area contributed by atoms with Gasteiger partial charge in [0.15, 0.2) is 5.13 Å². The highest BCUT2D eigenvalue weighted by Gasteiger charge is 2.21. The number of carbonyl (C=O) groups excluding carboxylic acids is 1. The summed E-state index contributed by atoms with van der Waals surface area (Å²) < 4.78 is 13.6. The molecule has 0 radical (unpaired) electrons. The molecule has 7 heteroatoms. The molecule has 3 rings (SSSR count). The maximum Gasteiger partial charge on any atom is 0.230 e. The number of piperidine rings is 1. The smallest absolute Gasteiger partial charge is 0.230 e. The van der Waals surface area contributed by atoms with Crippen LogP contribution in [-0.2, 0) is 11.2 Å². The van der Waals surface area contributed by atoms with Gasteiger partial charge in [-0.1, -0.05) is 18.2 Å². The zero-order chi connectivity index (χ0) is 15.4. The topological polar surface area (TPSA) is 54.0 Å². The van der Waals surface area contributed by atoms with Gasteiger partial charge in [-0.05, 0) is 31.0 Å². The summed E-state index contributed by atoms with van der Waals surface area (Å²) in [7, 11) is 0. The third-order valence-corrected chi connectivity index (χ3v) is 4.69. The summed E-state index contributed by atoms with van der Waals surface area (Å²) >= 11 is 1.40. The molecule has 1 aromatic carbocycles. The van der Waals surface area contributed by atoms with Gasteiger partial charge in [0.25, 0.3) is 0 Å². The molecule has 23 heavy (non-hydrogen) atoms. The lowest BCUT2D eigenvalue weighted by molar-refractivity contribution is -0.120. The molecular weight excluding hydrogens is 337 g/mol. The first kappa shape index (κ1) is 17.8. The number of halogens is 2. The van der Waals surface area contributed by atoms with E-state index in [4.69, 9.17) is 0 Å². The molecule has 2 aromatic rings. The number of hydrogen-bond donors (Lipinski definition) is 2. The number of nitrogens with zero attached hydrogens (tertiary/aromatic N) is 1. The van der Waals surface area contributed by atoms with Crippen LogP contribution >= 0.6 is 23.7 Å². The van der Waals surface area contributed by atoms with E-state index in [1.54, 1.807) is 18.3 Å². The first-order chi connectivity index (χ1) is 10.7. The zero-order valence-corrected chi connectivity index (χ0v) is 14.2. The summed E-state index contributed by atoms with van der Waals surface area (Å²) in [5.41, 5.74) is 0.639. The fourth-order valence-electron chi connectivity index (χ4n) is 2.56. The summed E-state index contributed by atoms with van der Waals surface area (Å²) in [4.78, 5) is 17.3. The van der Waals surface area contributed by atoms with Crippen molar-refractivity contribution < 1.29 is 9.18 Å². The number of nitrogens with one attached hydrogen (secondary N) is 2. The van der Waals surface area contributed by atoms with Crippen LogP contribution in [0.1, 0.15) is 23.3 Å². The van der Waals surface area contributed by atoms with Gasteiger partial charge in [-0.3, -0.25) is 4.79 Å². The van der Waals surface area contributed by atoms with E-state index < -0.39 is 0 Å². The fraction of sp³-hybridized carbons (Fsp3) is 0.375. The average molecular weight is 356 g/mol. The molecule has 124 valence electrons. The van der Waals surface area contributed by atoms with Crippen molar-refractivity contribution in [2.75, 3.05) is 18.4 Å². The molecule has 1 unspecified atom stereocenters. The van der Waals surface area contributed by atoms with Crippen LogP contribution < -0.4 is 10.6 Å². The predicted molar refractivity (Wildman–Crippen MR) is 92.8 cm³/mol. The number of carbonyl (C=O) groups is 1. The van der Waals surface area contributed by atoms with Crippen LogP contribution in [0.2, 0.25) is 0 Å². The van der Waals surface area contributed by atoms with E-state index in [1.807, 2.05) is 6.07 Å². The lowest BCUT2D eigenvalue weighted by Gasteiger charge is -2.21. The number of amides is 1. The van der Waals surface area contributed by atoms with Gasteiger partial charge >= 0.3 is 0 Å². The third kappa shape index (κ3) is 4.73. The van der Waals surface area contributed by atoms with E-state index in [9.17, 15) is 9.18 Å². The minimum Gasteiger partial charge on any atom is -0.316 e. The van der Waals surface area contributed by atoms with Crippen molar-refractivity contribution in [3.05, 3.63) is 46.7 Å². The minimum absolute atomic E-state index is 0. The molecule has 0 saturated carbocycles. The molecule has 0 spiro atoms. The van der Waals surface area contributed by atoms with Gasteiger partial charge in [-0.25, -0.2) is 9.37 Å². The van der Waals surface area contributed by atoms with Crippen molar-refractivity contribution >= 4 is 34.8 Å². The van der Waals surface area contributed by atoms with E-state index in [0.29, 0.717) is 17.1 Å². The molecule has 1 aromatic heterocycles. The van der Waals surface area contributed by atoms with Crippen molar-refractivity contribution in [2.24, 2.45) is 5.92 Å². The van der Waals surface area contributed by atoms with E-state index >= 15 is 0 Å². The molecule has 1 atom stereocenters. The monoisotopic (exact) mass is 355 g/mol. The van der Waals surface area contributed by atoms with Gasteiger partial charge in [0.05, 0.1) is 5.92 Å². The van der Waals surface area contributed by atoms with Gasteiger partial charge in [-0.2, -0.15) is 0 Å². The second kappa shape index (κ2) is 8.38. The second-order valence-electron chi connectivity index (χ2n) is 5.43. The Kier molecular flexibility index (Phi) is 6.50. The fourth-order valence-corrected chi connectivity index (χ4v) is 3.40. The number of rotatable bonds is 4. The first-order valence-electron chi connectivity index (χ1n) is 7.42. The van der Waals surface area contributed by atoms with Crippen LogP contribution in [0.3, 0.4) is 0 Å². The van der Waals surface area contributed by atoms with Gasteiger partial charge in [0, 0.05) is 24.0 Å². The van der Waals surface area contributed by atoms with Gasteiger partial charge < -0.3 is 10.6 Å². The number of benzene rings is 1. The van der Waals surface area contributed by atoms with Crippen LogP contribution in [0, 0.1) is 11.7 Å². The largest absolute Gasteiger partial charge is 0.316 e. The molecule has 2 N–H and O–H groups in total. The highest BCUT2D eigenvalue weighted by Crippen LogP contribution is 2.23. The average Bonchev–Trinajstić information content (AvgIpc) is 2.97. The number of thiazole rings is 1. The van der Waals surface area contributed by atoms with E-state index in [1.165, 1.54) is 17.4 Å². The molecule has 1 saturated heterocycles. The highest BCUT2D eigenvalue weighted by molar-refractivity contribution is 7.15. The SMILES string of the molecule is Cl.O=C(Nc1ncc(Cc2ccccc2F)s1)C1CCCNC1. The van der Waals surface area contributed by atoms with Crippen molar-refractivity contribution in [3.8, 4) is 0 Å². The molecule has 1 aliphatic rings. The summed E-state index contributed by atoms with van der Waals surface area (Å²) in [6.07, 6.45) is 4.12. The number of anilines is 1. The van der Waals surface area contributed by atoms with Crippen LogP contribution in [-0.4, -0.2) is 24.0 Å². The van der Waals surface area contributed by atoms with E-state index in [-0.39, 0.29) is 30.0 Å². The molecule has 0 bridgehead atoms. The Morgan fingerprint density at radius 3 is 3.00 bits per heavy atom. The normalized spacial score (nSPS) is 17.3. The van der Waals surface area contributed by atoms with Gasteiger partial charge in [0.2, 0.25) is 5.91 Å². The molecule has 2 heterocycles. The van der Waals surface area contributed by atoms with Crippen LogP contribution in [0.25, 0.3) is 0 Å².